The molecule has 0 amide bonds. The maximum Gasteiger partial charge on any atom is 0.101 e. The summed E-state index contributed by atoms with van der Waals surface area (Å²) in [6.07, 6.45) is 4.81. The molecule has 0 unspecified atom stereocenters. The molecule has 17 heavy (non-hydrogen) atoms. The molecule has 5 nitrogen and oxygen atoms in total. The maximum atomic E-state index is 8.94. The Kier molecular flexibility index (Phi) is 3.12. The zero-order valence-electron chi connectivity index (χ0n) is 9.93. The number of nitrogens with zero attached hydrogens (tertiary/aromatic N) is 5. The summed E-state index contributed by atoms with van der Waals surface area (Å²) in [6.45, 7) is 4.40. The average Bonchev–Trinajstić information content (AvgIpc) is 2.68. The van der Waals surface area contributed by atoms with E-state index in [4.69, 9.17) is 10.5 Å². The van der Waals surface area contributed by atoms with Gasteiger partial charge in [0.05, 0.1) is 24.8 Å². The molecule has 0 radical (unpaired) electrons. The Bertz CT molecular complexity index is 470. The molecule has 0 spiro atoms. The van der Waals surface area contributed by atoms with Crippen molar-refractivity contribution in [2.45, 2.75) is 25.3 Å². The van der Waals surface area contributed by atoms with Crippen molar-refractivity contribution in [1.29, 1.82) is 10.5 Å². The highest BCUT2D eigenvalue weighted by Crippen LogP contribution is 2.31. The average molecular weight is 229 g/mol. The van der Waals surface area contributed by atoms with Crippen LogP contribution >= 0.6 is 0 Å². The van der Waals surface area contributed by atoms with Crippen molar-refractivity contribution < 1.29 is 0 Å². The Morgan fingerprint density at radius 2 is 2.18 bits per heavy atom. The number of hydrogen-bond acceptors (Lipinski definition) is 4. The summed E-state index contributed by atoms with van der Waals surface area (Å²) >= 11 is 0. The molecule has 1 fully saturated rings. The van der Waals surface area contributed by atoms with E-state index in [1.807, 2.05) is 24.0 Å². The van der Waals surface area contributed by atoms with E-state index in [-0.39, 0.29) is 5.54 Å². The molecule has 0 N–H and O–H groups in total. The Morgan fingerprint density at radius 3 is 2.71 bits per heavy atom. The van der Waals surface area contributed by atoms with Gasteiger partial charge in [-0.15, -0.1) is 0 Å². The van der Waals surface area contributed by atoms with Gasteiger partial charge in [0.25, 0.3) is 0 Å². The SMILES string of the molecule is Cc1cnn(C2(CC#N)CN(CCC#N)C2)c1. The molecule has 0 bridgehead atoms. The molecule has 5 heteroatoms. The third-order valence-corrected chi connectivity index (χ3v) is 3.18. The fraction of sp³-hybridized carbons (Fsp3) is 0.583. The third kappa shape index (κ3) is 2.15. The Labute approximate surface area is 101 Å². The van der Waals surface area contributed by atoms with Crippen LogP contribution in [-0.2, 0) is 5.54 Å². The van der Waals surface area contributed by atoms with Gasteiger partial charge in [-0.05, 0) is 12.5 Å². The standard InChI is InChI=1S/C12H15N5/c1-11-7-15-17(8-11)12(3-5-14)9-16(10-12)6-2-4-13/h7-8H,2-3,6,9-10H2,1H3. The van der Waals surface area contributed by atoms with E-state index in [2.05, 4.69) is 22.1 Å². The van der Waals surface area contributed by atoms with Crippen LogP contribution in [0.4, 0.5) is 0 Å². The van der Waals surface area contributed by atoms with Crippen molar-refractivity contribution >= 4 is 0 Å². The largest absolute Gasteiger partial charge is 0.297 e. The predicted octanol–water partition coefficient (Wildman–Crippen LogP) is 1.03. The molecule has 0 aromatic carbocycles. The van der Waals surface area contributed by atoms with Crippen LogP contribution in [0.3, 0.4) is 0 Å². The number of aryl methyl sites for hydroxylation is 1. The van der Waals surface area contributed by atoms with Gasteiger partial charge < -0.3 is 0 Å². The first kappa shape index (κ1) is 11.6. The van der Waals surface area contributed by atoms with Gasteiger partial charge >= 0.3 is 0 Å². The second kappa shape index (κ2) is 4.57. The fourth-order valence-electron chi connectivity index (χ4n) is 2.31. The Morgan fingerprint density at radius 1 is 1.41 bits per heavy atom. The molecule has 2 heterocycles. The summed E-state index contributed by atoms with van der Waals surface area (Å²) in [7, 11) is 0. The van der Waals surface area contributed by atoms with Crippen molar-refractivity contribution in [3.63, 3.8) is 0 Å². The smallest absolute Gasteiger partial charge is 0.101 e. The normalized spacial score (nSPS) is 18.1. The minimum atomic E-state index is -0.182. The molecule has 1 saturated heterocycles. The van der Waals surface area contributed by atoms with E-state index in [1.54, 1.807) is 0 Å². The molecule has 0 aliphatic carbocycles. The maximum absolute atomic E-state index is 8.94. The third-order valence-electron chi connectivity index (χ3n) is 3.18. The highest BCUT2D eigenvalue weighted by molar-refractivity contribution is 5.10. The molecule has 0 saturated carbocycles. The summed E-state index contributed by atoms with van der Waals surface area (Å²) in [5, 5.41) is 21.8. The lowest BCUT2D eigenvalue weighted by atomic mass is 9.86. The minimum Gasteiger partial charge on any atom is -0.297 e. The van der Waals surface area contributed by atoms with E-state index in [9.17, 15) is 0 Å². The lowest BCUT2D eigenvalue weighted by Crippen LogP contribution is -2.62. The number of nitriles is 2. The van der Waals surface area contributed by atoms with Gasteiger partial charge in [0.1, 0.15) is 5.54 Å². The van der Waals surface area contributed by atoms with E-state index in [0.29, 0.717) is 12.8 Å². The molecule has 88 valence electrons. The van der Waals surface area contributed by atoms with Gasteiger partial charge in [-0.1, -0.05) is 0 Å². The molecule has 1 aliphatic rings. The molecular weight excluding hydrogens is 214 g/mol. The van der Waals surface area contributed by atoms with Crippen molar-refractivity contribution in [3.8, 4) is 12.1 Å². The zero-order valence-corrected chi connectivity index (χ0v) is 9.93. The highest BCUT2D eigenvalue weighted by Gasteiger charge is 2.44. The minimum absolute atomic E-state index is 0.182. The van der Waals surface area contributed by atoms with Crippen molar-refractivity contribution in [2.75, 3.05) is 19.6 Å². The van der Waals surface area contributed by atoms with Gasteiger partial charge in [-0.3, -0.25) is 9.58 Å². The van der Waals surface area contributed by atoms with E-state index in [1.165, 1.54) is 0 Å². The summed E-state index contributed by atoms with van der Waals surface area (Å²) in [4.78, 5) is 2.19. The van der Waals surface area contributed by atoms with Crippen LogP contribution in [0.15, 0.2) is 12.4 Å². The van der Waals surface area contributed by atoms with Gasteiger partial charge in [-0.25, -0.2) is 0 Å². The van der Waals surface area contributed by atoms with Gasteiger partial charge in [-0.2, -0.15) is 15.6 Å². The predicted molar refractivity (Wildman–Crippen MR) is 61.8 cm³/mol. The van der Waals surface area contributed by atoms with Crippen LogP contribution in [0.5, 0.6) is 0 Å². The van der Waals surface area contributed by atoms with Crippen LogP contribution in [0.25, 0.3) is 0 Å². The Balaban J connectivity index is 2.06. The first-order valence-electron chi connectivity index (χ1n) is 5.68. The second-order valence-electron chi connectivity index (χ2n) is 4.64. The van der Waals surface area contributed by atoms with E-state index >= 15 is 0 Å². The van der Waals surface area contributed by atoms with E-state index < -0.39 is 0 Å². The monoisotopic (exact) mass is 229 g/mol. The molecule has 1 aromatic heterocycles. The first-order chi connectivity index (χ1) is 8.20. The number of aromatic nitrogens is 2. The van der Waals surface area contributed by atoms with Crippen LogP contribution in [0.2, 0.25) is 0 Å². The van der Waals surface area contributed by atoms with Gasteiger partial charge in [0.15, 0.2) is 0 Å². The quantitative estimate of drug-likeness (QED) is 0.773. The summed E-state index contributed by atoms with van der Waals surface area (Å²) in [6, 6.07) is 4.38. The van der Waals surface area contributed by atoms with Crippen LogP contribution in [0.1, 0.15) is 18.4 Å². The van der Waals surface area contributed by atoms with Crippen LogP contribution < -0.4 is 0 Å². The fourth-order valence-corrected chi connectivity index (χ4v) is 2.31. The zero-order chi connectivity index (χ0) is 12.3. The van der Waals surface area contributed by atoms with Crippen molar-refractivity contribution in [3.05, 3.63) is 18.0 Å². The van der Waals surface area contributed by atoms with Gasteiger partial charge in [0.2, 0.25) is 0 Å². The van der Waals surface area contributed by atoms with Crippen LogP contribution in [-0.4, -0.2) is 34.3 Å². The number of likely N-dealkylation sites (tertiary alicyclic amines) is 1. The lowest BCUT2D eigenvalue weighted by Gasteiger charge is -2.49. The highest BCUT2D eigenvalue weighted by atomic mass is 15.4. The lowest BCUT2D eigenvalue weighted by molar-refractivity contribution is 0.00695. The molecule has 1 aromatic rings. The van der Waals surface area contributed by atoms with Crippen molar-refractivity contribution in [1.82, 2.24) is 14.7 Å². The topological polar surface area (TPSA) is 68.6 Å². The van der Waals surface area contributed by atoms with Gasteiger partial charge in [0, 0.05) is 32.3 Å². The molecule has 2 rings (SSSR count). The second-order valence-corrected chi connectivity index (χ2v) is 4.64. The summed E-state index contributed by atoms with van der Waals surface area (Å²) in [5.74, 6) is 0. The van der Waals surface area contributed by atoms with Crippen LogP contribution in [0, 0.1) is 29.6 Å². The number of hydrogen-bond donors (Lipinski definition) is 0. The van der Waals surface area contributed by atoms with E-state index in [0.717, 1.165) is 25.2 Å². The summed E-state index contributed by atoms with van der Waals surface area (Å²) in [5.41, 5.74) is 0.927. The summed E-state index contributed by atoms with van der Waals surface area (Å²) < 4.78 is 1.91. The van der Waals surface area contributed by atoms with Crippen molar-refractivity contribution in [2.24, 2.45) is 0 Å². The molecule has 0 atom stereocenters. The molecule has 1 aliphatic heterocycles. The molecular formula is C12H15N5. The first-order valence-corrected chi connectivity index (χ1v) is 5.68. The Hall–Kier alpha value is -1.85. The number of rotatable bonds is 4.